The summed E-state index contributed by atoms with van der Waals surface area (Å²) in [6.07, 6.45) is -3.20. The molecule has 2 rings (SSSR count). The van der Waals surface area contributed by atoms with Gasteiger partial charge >= 0.3 is 12.1 Å². The van der Waals surface area contributed by atoms with Crippen LogP contribution in [0.5, 0.6) is 0 Å². The van der Waals surface area contributed by atoms with Gasteiger partial charge in [-0.1, -0.05) is 29.8 Å². The Labute approximate surface area is 117 Å². The van der Waals surface area contributed by atoms with E-state index in [1.165, 1.54) is 35.0 Å². The molecule has 1 heterocycles. The number of hydrogen-bond acceptors (Lipinski definition) is 1. The Kier molecular flexibility index (Phi) is 3.76. The Balaban J connectivity index is 2.43. The summed E-state index contributed by atoms with van der Waals surface area (Å²) in [5.74, 6) is -1.25. The zero-order valence-electron chi connectivity index (χ0n) is 9.99. The fourth-order valence-corrected chi connectivity index (χ4v) is 2.12. The van der Waals surface area contributed by atoms with Gasteiger partial charge in [0.15, 0.2) is 0 Å². The lowest BCUT2D eigenvalue weighted by molar-refractivity contribution is -0.138. The number of carbonyl (C=O) groups is 1. The third kappa shape index (κ3) is 2.96. The number of rotatable bonds is 3. The number of alkyl halides is 3. The van der Waals surface area contributed by atoms with Crippen molar-refractivity contribution in [1.82, 2.24) is 4.57 Å². The highest BCUT2D eigenvalue weighted by Crippen LogP contribution is 2.32. The molecule has 0 unspecified atom stereocenters. The molecule has 20 heavy (non-hydrogen) atoms. The van der Waals surface area contributed by atoms with Crippen LogP contribution in [0.3, 0.4) is 0 Å². The van der Waals surface area contributed by atoms with Crippen molar-refractivity contribution in [1.29, 1.82) is 0 Å². The summed E-state index contributed by atoms with van der Waals surface area (Å²) in [6.45, 7) is -0.218. The second-order valence-corrected chi connectivity index (χ2v) is 4.57. The molecular weight excluding hydrogens is 295 g/mol. The van der Waals surface area contributed by atoms with E-state index in [4.69, 9.17) is 16.7 Å². The van der Waals surface area contributed by atoms with Crippen molar-refractivity contribution in [2.24, 2.45) is 0 Å². The Morgan fingerprint density at radius 2 is 1.95 bits per heavy atom. The van der Waals surface area contributed by atoms with E-state index in [0.717, 1.165) is 6.07 Å². The second-order valence-electron chi connectivity index (χ2n) is 4.13. The van der Waals surface area contributed by atoms with E-state index < -0.39 is 17.7 Å². The molecule has 0 atom stereocenters. The third-order valence-electron chi connectivity index (χ3n) is 2.75. The first kappa shape index (κ1) is 14.5. The molecule has 1 N–H and O–H groups in total. The standard InChI is InChI=1S/C13H9ClF3NO2/c14-9-5-11(12(19)20)18(7-9)6-8-3-1-2-4-10(8)13(15,16)17/h1-5,7H,6H2,(H,19,20). The summed E-state index contributed by atoms with van der Waals surface area (Å²) >= 11 is 5.70. The van der Waals surface area contributed by atoms with Gasteiger partial charge in [0.2, 0.25) is 0 Å². The summed E-state index contributed by atoms with van der Waals surface area (Å²) in [7, 11) is 0. The molecule has 2 aromatic rings. The molecule has 1 aromatic heterocycles. The van der Waals surface area contributed by atoms with Crippen molar-refractivity contribution in [3.05, 3.63) is 58.4 Å². The minimum absolute atomic E-state index is 0.0187. The molecule has 0 aliphatic carbocycles. The van der Waals surface area contributed by atoms with Gasteiger partial charge in [-0.05, 0) is 17.7 Å². The van der Waals surface area contributed by atoms with Gasteiger partial charge in [-0.2, -0.15) is 13.2 Å². The van der Waals surface area contributed by atoms with E-state index in [0.29, 0.717) is 0 Å². The fourth-order valence-electron chi connectivity index (χ4n) is 1.90. The van der Waals surface area contributed by atoms with Crippen molar-refractivity contribution in [3.63, 3.8) is 0 Å². The SMILES string of the molecule is O=C(O)c1cc(Cl)cn1Cc1ccccc1C(F)(F)F. The quantitative estimate of drug-likeness (QED) is 0.934. The minimum Gasteiger partial charge on any atom is -0.477 e. The van der Waals surface area contributed by atoms with Gasteiger partial charge in [0.05, 0.1) is 10.6 Å². The normalized spacial score (nSPS) is 11.6. The maximum atomic E-state index is 12.9. The lowest BCUT2D eigenvalue weighted by atomic mass is 10.1. The van der Waals surface area contributed by atoms with Crippen LogP contribution in [-0.4, -0.2) is 15.6 Å². The molecule has 0 saturated heterocycles. The molecule has 0 amide bonds. The number of nitrogens with zero attached hydrogens (tertiary/aromatic N) is 1. The van der Waals surface area contributed by atoms with Crippen LogP contribution >= 0.6 is 11.6 Å². The Morgan fingerprint density at radius 1 is 1.30 bits per heavy atom. The van der Waals surface area contributed by atoms with Crippen molar-refractivity contribution in [2.45, 2.75) is 12.7 Å². The average Bonchev–Trinajstić information content (AvgIpc) is 2.70. The number of benzene rings is 1. The van der Waals surface area contributed by atoms with Crippen molar-refractivity contribution >= 4 is 17.6 Å². The van der Waals surface area contributed by atoms with E-state index in [1.54, 1.807) is 0 Å². The lowest BCUT2D eigenvalue weighted by Gasteiger charge is -2.14. The van der Waals surface area contributed by atoms with Crippen molar-refractivity contribution in [2.75, 3.05) is 0 Å². The molecule has 3 nitrogen and oxygen atoms in total. The number of aromatic carboxylic acids is 1. The summed E-state index contributed by atoms with van der Waals surface area (Å²) in [5.41, 5.74) is -0.970. The highest BCUT2D eigenvalue weighted by Gasteiger charge is 2.33. The first-order valence-corrected chi connectivity index (χ1v) is 5.91. The van der Waals surface area contributed by atoms with Gasteiger partial charge in [-0.25, -0.2) is 4.79 Å². The van der Waals surface area contributed by atoms with Gasteiger partial charge in [-0.15, -0.1) is 0 Å². The van der Waals surface area contributed by atoms with Gasteiger partial charge in [0.1, 0.15) is 5.69 Å². The molecule has 0 spiro atoms. The van der Waals surface area contributed by atoms with Crippen LogP contribution in [0.15, 0.2) is 36.5 Å². The summed E-state index contributed by atoms with van der Waals surface area (Å²) in [4.78, 5) is 11.0. The molecule has 0 saturated carbocycles. The lowest BCUT2D eigenvalue weighted by Crippen LogP contribution is -2.14. The second kappa shape index (κ2) is 5.20. The highest BCUT2D eigenvalue weighted by molar-refractivity contribution is 6.30. The van der Waals surface area contributed by atoms with Crippen LogP contribution in [0.2, 0.25) is 5.02 Å². The molecule has 0 radical (unpaired) electrons. The first-order valence-electron chi connectivity index (χ1n) is 5.53. The molecule has 1 aromatic carbocycles. The zero-order chi connectivity index (χ0) is 14.9. The molecule has 0 aliphatic rings. The van der Waals surface area contributed by atoms with Crippen LogP contribution < -0.4 is 0 Å². The average molecular weight is 304 g/mol. The Bertz CT molecular complexity index is 649. The summed E-state index contributed by atoms with van der Waals surface area (Å²) < 4.78 is 39.8. The van der Waals surface area contributed by atoms with Gasteiger partial charge in [0.25, 0.3) is 0 Å². The monoisotopic (exact) mass is 303 g/mol. The van der Waals surface area contributed by atoms with Gasteiger partial charge < -0.3 is 9.67 Å². The van der Waals surface area contributed by atoms with Crippen LogP contribution in [0.4, 0.5) is 13.2 Å². The maximum Gasteiger partial charge on any atom is 0.416 e. The predicted molar refractivity (Wildman–Crippen MR) is 66.9 cm³/mol. The number of hydrogen-bond donors (Lipinski definition) is 1. The zero-order valence-corrected chi connectivity index (χ0v) is 10.7. The summed E-state index contributed by atoms with van der Waals surface area (Å²) in [5, 5.41) is 9.14. The van der Waals surface area contributed by atoms with Crippen molar-refractivity contribution in [3.8, 4) is 0 Å². The molecule has 7 heteroatoms. The largest absolute Gasteiger partial charge is 0.477 e. The van der Waals surface area contributed by atoms with Crippen molar-refractivity contribution < 1.29 is 23.1 Å². The third-order valence-corrected chi connectivity index (χ3v) is 2.95. The van der Waals surface area contributed by atoms with Crippen LogP contribution in [0.25, 0.3) is 0 Å². The molecule has 106 valence electrons. The van der Waals surface area contributed by atoms with Crippen LogP contribution in [0, 0.1) is 0 Å². The number of carboxylic acid groups (broad SMARTS) is 1. The molecule has 0 fully saturated rings. The number of halogens is 4. The number of aromatic nitrogens is 1. The maximum absolute atomic E-state index is 12.9. The molecule has 0 bridgehead atoms. The van der Waals surface area contributed by atoms with E-state index in [1.807, 2.05) is 0 Å². The molecule has 0 aliphatic heterocycles. The Morgan fingerprint density at radius 3 is 2.55 bits per heavy atom. The van der Waals surface area contributed by atoms with E-state index in [2.05, 4.69) is 0 Å². The highest BCUT2D eigenvalue weighted by atomic mass is 35.5. The van der Waals surface area contributed by atoms with E-state index >= 15 is 0 Å². The van der Waals surface area contributed by atoms with Gasteiger partial charge in [-0.3, -0.25) is 0 Å². The van der Waals surface area contributed by atoms with Crippen LogP contribution in [-0.2, 0) is 12.7 Å². The first-order chi connectivity index (χ1) is 9.29. The minimum atomic E-state index is -4.49. The Hall–Kier alpha value is -1.95. The number of carboxylic acids is 1. The topological polar surface area (TPSA) is 42.2 Å². The smallest absolute Gasteiger partial charge is 0.416 e. The fraction of sp³-hybridized carbons (Fsp3) is 0.154. The molecular formula is C13H9ClF3NO2. The van der Waals surface area contributed by atoms with Gasteiger partial charge in [0, 0.05) is 12.7 Å². The summed E-state index contributed by atoms with van der Waals surface area (Å²) in [6, 6.07) is 6.21. The van der Waals surface area contributed by atoms with Crippen LogP contribution in [0.1, 0.15) is 21.6 Å². The van der Waals surface area contributed by atoms with E-state index in [-0.39, 0.29) is 22.8 Å². The predicted octanol–water partition coefficient (Wildman–Crippen LogP) is 3.91. The van der Waals surface area contributed by atoms with E-state index in [9.17, 15) is 18.0 Å².